The molecule has 0 saturated heterocycles. The number of benzene rings is 2. The molecular weight excluding hydrogens is 601 g/mol. The van der Waals surface area contributed by atoms with Crippen LogP contribution in [0, 0.1) is 6.92 Å². The fraction of sp³-hybridized carbons (Fsp3) is 0.318. The summed E-state index contributed by atoms with van der Waals surface area (Å²) in [7, 11) is -4.40. The fourth-order valence-electron chi connectivity index (χ4n) is 2.95. The molecule has 0 heterocycles. The minimum Gasteiger partial charge on any atom is -0.493 e. The Labute approximate surface area is 224 Å². The van der Waals surface area contributed by atoms with Crippen molar-refractivity contribution in [2.24, 2.45) is 16.6 Å². The average Bonchev–Trinajstić information content (AvgIpc) is 2.80. The smallest absolute Gasteiger partial charge is 0.491 e. The summed E-state index contributed by atoms with van der Waals surface area (Å²) in [6.45, 7) is 1.92. The summed E-state index contributed by atoms with van der Waals surface area (Å²) in [5.41, 5.74) is 10.9. The van der Waals surface area contributed by atoms with Gasteiger partial charge in [0.25, 0.3) is 0 Å². The maximum atomic E-state index is 12.9. The predicted molar refractivity (Wildman–Crippen MR) is 132 cm³/mol. The van der Waals surface area contributed by atoms with Crippen molar-refractivity contribution >= 4 is 43.9 Å². The monoisotopic (exact) mass is 624 g/mol. The predicted octanol–water partition coefficient (Wildman–Crippen LogP) is 2.25. The first kappa shape index (κ1) is 30.9. The van der Waals surface area contributed by atoms with Gasteiger partial charge in [0.2, 0.25) is 16.0 Å². The van der Waals surface area contributed by atoms with Gasteiger partial charge in [0.05, 0.1) is 11.5 Å². The molecule has 38 heavy (non-hydrogen) atoms. The van der Waals surface area contributed by atoms with Crippen LogP contribution in [0.3, 0.4) is 0 Å². The molecule has 2 aromatic carbocycles. The number of carbonyl (C=O) groups is 2. The molecule has 11 nitrogen and oxygen atoms in total. The number of oxime groups is 1. The summed E-state index contributed by atoms with van der Waals surface area (Å²) in [5, 5.41) is 3.35. The van der Waals surface area contributed by atoms with Gasteiger partial charge >= 0.3 is 18.1 Å². The van der Waals surface area contributed by atoms with Crippen molar-refractivity contribution in [1.82, 2.24) is 4.72 Å². The van der Waals surface area contributed by atoms with Crippen LogP contribution in [0.1, 0.15) is 17.5 Å². The zero-order valence-corrected chi connectivity index (χ0v) is 22.2. The van der Waals surface area contributed by atoms with Crippen LogP contribution in [0.5, 0.6) is 5.75 Å². The lowest BCUT2D eigenvalue weighted by Crippen LogP contribution is -2.45. The van der Waals surface area contributed by atoms with E-state index in [9.17, 15) is 31.2 Å². The second-order valence-electron chi connectivity index (χ2n) is 7.69. The molecule has 0 aliphatic rings. The number of carbonyl (C=O) groups excluding carboxylic acids is 2. The molecular formula is C22H24BrF3N4O7S. The molecule has 0 aliphatic carbocycles. The number of ether oxygens (including phenoxy) is 2. The molecule has 2 aromatic rings. The molecule has 16 heteroatoms. The first-order valence-electron chi connectivity index (χ1n) is 10.7. The summed E-state index contributed by atoms with van der Waals surface area (Å²) in [6, 6.07) is 8.28. The standard InChI is InChI=1S/C22H24BrF3N4O7S/c1-13-11-15(23)5-8-18(13)38(33,34)30-17(19(31)37-20(32)22(24,25)26)12-14-3-6-16(7-4-14)35-9-2-10-36-29-21(27)28/h3-8,11,17,30H,2,9-10,12H2,1H3,(H4,27,28,29)/t17-/m0/s1. The van der Waals surface area contributed by atoms with Crippen LogP contribution in [-0.4, -0.2) is 51.7 Å². The molecule has 5 N–H and O–H groups in total. The van der Waals surface area contributed by atoms with Gasteiger partial charge in [-0.15, -0.1) is 0 Å². The molecule has 0 saturated carbocycles. The van der Waals surface area contributed by atoms with Crippen LogP contribution in [-0.2, 0) is 35.6 Å². The summed E-state index contributed by atoms with van der Waals surface area (Å²) in [5.74, 6) is -4.29. The van der Waals surface area contributed by atoms with E-state index in [-0.39, 0.29) is 24.1 Å². The first-order chi connectivity index (χ1) is 17.7. The zero-order valence-electron chi connectivity index (χ0n) is 19.8. The Bertz CT molecular complexity index is 1270. The first-order valence-corrected chi connectivity index (χ1v) is 13.0. The van der Waals surface area contributed by atoms with Gasteiger partial charge in [-0.3, -0.25) is 0 Å². The number of hydrogen-bond donors (Lipinski definition) is 3. The van der Waals surface area contributed by atoms with Crippen LogP contribution in [0.4, 0.5) is 13.2 Å². The van der Waals surface area contributed by atoms with Crippen molar-refractivity contribution in [3.63, 3.8) is 0 Å². The molecule has 0 amide bonds. The molecule has 0 aliphatic heterocycles. The number of alkyl halides is 3. The third kappa shape index (κ3) is 9.83. The number of rotatable bonds is 12. The number of guanidine groups is 1. The van der Waals surface area contributed by atoms with Gasteiger partial charge in [0, 0.05) is 10.9 Å². The highest BCUT2D eigenvalue weighted by molar-refractivity contribution is 9.10. The SMILES string of the molecule is Cc1cc(Br)ccc1S(=O)(=O)N[C@@H](Cc1ccc(OCCCON=C(N)N)cc1)C(=O)OC(=O)C(F)(F)F. The van der Waals surface area contributed by atoms with Crippen molar-refractivity contribution in [2.45, 2.75) is 36.9 Å². The quantitative estimate of drug-likeness (QED) is 0.0799. The average molecular weight is 625 g/mol. The van der Waals surface area contributed by atoms with Gasteiger partial charge in [0.1, 0.15) is 18.4 Å². The summed E-state index contributed by atoms with van der Waals surface area (Å²) in [4.78, 5) is 28.3. The number of nitrogens with one attached hydrogen (secondary N) is 1. The van der Waals surface area contributed by atoms with E-state index < -0.39 is 40.6 Å². The van der Waals surface area contributed by atoms with Gasteiger partial charge in [-0.2, -0.15) is 17.9 Å². The van der Waals surface area contributed by atoms with Crippen LogP contribution >= 0.6 is 15.9 Å². The van der Waals surface area contributed by atoms with Crippen molar-refractivity contribution < 1.29 is 45.5 Å². The largest absolute Gasteiger partial charge is 0.493 e. The molecule has 0 aromatic heterocycles. The number of esters is 2. The van der Waals surface area contributed by atoms with Gasteiger partial charge in [-0.1, -0.05) is 28.1 Å². The maximum Gasteiger partial charge on any atom is 0.491 e. The second kappa shape index (κ2) is 13.4. The van der Waals surface area contributed by atoms with E-state index in [1.807, 2.05) is 4.72 Å². The third-order valence-electron chi connectivity index (χ3n) is 4.61. The maximum absolute atomic E-state index is 12.9. The summed E-state index contributed by atoms with van der Waals surface area (Å²) < 4.78 is 75.8. The molecule has 2 rings (SSSR count). The lowest BCUT2D eigenvalue weighted by Gasteiger charge is -2.19. The van der Waals surface area contributed by atoms with Crippen molar-refractivity contribution in [2.75, 3.05) is 13.2 Å². The molecule has 0 spiro atoms. The van der Waals surface area contributed by atoms with E-state index >= 15 is 0 Å². The second-order valence-corrected chi connectivity index (χ2v) is 10.3. The van der Waals surface area contributed by atoms with E-state index in [4.69, 9.17) is 21.0 Å². The van der Waals surface area contributed by atoms with E-state index in [0.717, 1.165) is 0 Å². The van der Waals surface area contributed by atoms with E-state index in [1.54, 1.807) is 0 Å². The Morgan fingerprint density at radius 1 is 1.11 bits per heavy atom. The van der Waals surface area contributed by atoms with Gasteiger partial charge in [0.15, 0.2) is 0 Å². The Morgan fingerprint density at radius 3 is 2.34 bits per heavy atom. The van der Waals surface area contributed by atoms with Crippen LogP contribution in [0.2, 0.25) is 0 Å². The molecule has 0 fully saturated rings. The zero-order chi connectivity index (χ0) is 28.5. The molecule has 0 radical (unpaired) electrons. The minimum absolute atomic E-state index is 0.189. The summed E-state index contributed by atoms with van der Waals surface area (Å²) >= 11 is 3.20. The number of hydrogen-bond acceptors (Lipinski definition) is 8. The van der Waals surface area contributed by atoms with Crippen molar-refractivity contribution in [1.29, 1.82) is 0 Å². The highest BCUT2D eigenvalue weighted by atomic mass is 79.9. The highest BCUT2D eigenvalue weighted by Gasteiger charge is 2.44. The van der Waals surface area contributed by atoms with Crippen molar-refractivity contribution in [3.8, 4) is 5.75 Å². The van der Waals surface area contributed by atoms with E-state index in [1.165, 1.54) is 49.4 Å². The number of aryl methyl sites for hydroxylation is 1. The Hall–Kier alpha value is -3.37. The van der Waals surface area contributed by atoms with Crippen LogP contribution in [0.25, 0.3) is 0 Å². The lowest BCUT2D eigenvalue weighted by molar-refractivity contribution is -0.202. The number of halogens is 4. The lowest BCUT2D eigenvalue weighted by atomic mass is 10.1. The van der Waals surface area contributed by atoms with Gasteiger partial charge in [-0.05, 0) is 60.0 Å². The molecule has 0 bridgehead atoms. The normalized spacial score (nSPS) is 12.3. The third-order valence-corrected chi connectivity index (χ3v) is 6.74. The Balaban J connectivity index is 2.16. The molecule has 208 valence electrons. The number of sulfonamides is 1. The Kier molecular flexibility index (Phi) is 10.9. The van der Waals surface area contributed by atoms with Crippen molar-refractivity contribution in [3.05, 3.63) is 58.1 Å². The van der Waals surface area contributed by atoms with E-state index in [2.05, 4.69) is 25.8 Å². The topological polar surface area (TPSA) is 172 Å². The Morgan fingerprint density at radius 2 is 1.76 bits per heavy atom. The molecule has 0 unspecified atom stereocenters. The number of nitrogens with two attached hydrogens (primary N) is 2. The highest BCUT2D eigenvalue weighted by Crippen LogP contribution is 2.22. The fourth-order valence-corrected chi connectivity index (χ4v) is 4.84. The minimum atomic E-state index is -5.45. The van der Waals surface area contributed by atoms with Crippen LogP contribution < -0.4 is 20.9 Å². The van der Waals surface area contributed by atoms with Crippen LogP contribution in [0.15, 0.2) is 57.0 Å². The van der Waals surface area contributed by atoms with Gasteiger partial charge in [-0.25, -0.2) is 18.0 Å². The van der Waals surface area contributed by atoms with Gasteiger partial charge < -0.3 is 25.8 Å². The van der Waals surface area contributed by atoms with E-state index in [0.29, 0.717) is 27.8 Å². The molecule has 1 atom stereocenters. The number of nitrogens with zero attached hydrogens (tertiary/aromatic N) is 1. The summed E-state index contributed by atoms with van der Waals surface area (Å²) in [6.07, 6.45) is -5.43.